The Morgan fingerprint density at radius 3 is 2.63 bits per heavy atom. The van der Waals surface area contributed by atoms with E-state index in [0.717, 1.165) is 61.2 Å². The number of aromatic nitrogens is 2. The first kappa shape index (κ1) is 19.1. The number of nitrogens with zero attached hydrogens (tertiary/aromatic N) is 3. The van der Waals surface area contributed by atoms with Crippen LogP contribution in [0.1, 0.15) is 43.6 Å². The van der Waals surface area contributed by atoms with Gasteiger partial charge in [0.1, 0.15) is 5.75 Å². The Morgan fingerprint density at radius 2 is 1.80 bits per heavy atom. The summed E-state index contributed by atoms with van der Waals surface area (Å²) in [4.78, 5) is 11.7. The van der Waals surface area contributed by atoms with E-state index in [1.165, 1.54) is 24.9 Å². The number of hydrogen-bond acceptors (Lipinski definition) is 6. The second kappa shape index (κ2) is 8.48. The predicted octanol–water partition coefficient (Wildman–Crippen LogP) is 4.54. The predicted molar refractivity (Wildman–Crippen MR) is 122 cm³/mol. The summed E-state index contributed by atoms with van der Waals surface area (Å²) in [7, 11) is 0. The van der Waals surface area contributed by atoms with E-state index >= 15 is 0 Å². The fourth-order valence-corrected chi connectivity index (χ4v) is 4.77. The Bertz CT molecular complexity index is 1010. The molecule has 2 aliphatic rings. The Balaban J connectivity index is 1.39. The monoisotopic (exact) mass is 403 g/mol. The van der Waals surface area contributed by atoms with Gasteiger partial charge in [0.2, 0.25) is 5.95 Å². The van der Waals surface area contributed by atoms with Gasteiger partial charge in [-0.1, -0.05) is 12.8 Å². The van der Waals surface area contributed by atoms with E-state index in [1.807, 2.05) is 12.3 Å². The minimum absolute atomic E-state index is 0.357. The number of phenolic OH excluding ortho intramolecular Hbond substituents is 1. The normalized spacial score (nSPS) is 17.9. The Labute approximate surface area is 177 Å². The molecule has 2 fully saturated rings. The molecule has 1 aromatic heterocycles. The molecule has 1 saturated heterocycles. The van der Waals surface area contributed by atoms with Gasteiger partial charge in [-0.2, -0.15) is 0 Å². The molecular weight excluding hydrogens is 374 g/mol. The van der Waals surface area contributed by atoms with Crippen molar-refractivity contribution in [2.24, 2.45) is 0 Å². The van der Waals surface area contributed by atoms with Crippen LogP contribution in [0.5, 0.6) is 5.75 Å². The number of hydrogen-bond donors (Lipinski definition) is 3. The van der Waals surface area contributed by atoms with Gasteiger partial charge >= 0.3 is 0 Å². The van der Waals surface area contributed by atoms with Crippen LogP contribution in [0, 0.1) is 0 Å². The summed E-state index contributed by atoms with van der Waals surface area (Å²) in [5, 5.41) is 18.3. The molecule has 0 atom stereocenters. The van der Waals surface area contributed by atoms with Crippen molar-refractivity contribution in [1.29, 1.82) is 0 Å². The molecule has 1 aliphatic heterocycles. The van der Waals surface area contributed by atoms with Crippen LogP contribution in [0.15, 0.2) is 42.6 Å². The molecular formula is C24H29N5O. The van der Waals surface area contributed by atoms with Gasteiger partial charge in [0.25, 0.3) is 0 Å². The van der Waals surface area contributed by atoms with Gasteiger partial charge in [-0.05, 0) is 68.1 Å². The zero-order valence-electron chi connectivity index (χ0n) is 17.3. The van der Waals surface area contributed by atoms with Gasteiger partial charge in [-0.15, -0.1) is 0 Å². The fourth-order valence-electron chi connectivity index (χ4n) is 4.77. The lowest BCUT2D eigenvalue weighted by Crippen LogP contribution is -2.27. The van der Waals surface area contributed by atoms with Crippen molar-refractivity contribution in [1.82, 2.24) is 15.3 Å². The molecule has 5 rings (SSSR count). The number of nitrogens with one attached hydrogen (secondary N) is 2. The van der Waals surface area contributed by atoms with Crippen LogP contribution < -0.4 is 15.5 Å². The van der Waals surface area contributed by atoms with E-state index in [2.05, 4.69) is 44.8 Å². The molecule has 3 N–H and O–H groups in total. The average Bonchev–Trinajstić information content (AvgIpc) is 3.15. The summed E-state index contributed by atoms with van der Waals surface area (Å²) in [6, 6.07) is 12.2. The maximum Gasteiger partial charge on any atom is 0.227 e. The number of benzene rings is 2. The van der Waals surface area contributed by atoms with Crippen molar-refractivity contribution in [3.05, 3.63) is 48.2 Å². The summed E-state index contributed by atoms with van der Waals surface area (Å²) in [6.45, 7) is 4.24. The third-order valence-corrected chi connectivity index (χ3v) is 6.36. The molecule has 0 radical (unpaired) electrons. The molecule has 0 unspecified atom stereocenters. The van der Waals surface area contributed by atoms with Crippen LogP contribution in [0.2, 0.25) is 0 Å². The molecule has 30 heavy (non-hydrogen) atoms. The smallest absolute Gasteiger partial charge is 0.227 e. The average molecular weight is 404 g/mol. The first-order valence-corrected chi connectivity index (χ1v) is 11.1. The summed E-state index contributed by atoms with van der Waals surface area (Å²) < 4.78 is 0. The van der Waals surface area contributed by atoms with Crippen LogP contribution in [-0.4, -0.2) is 41.3 Å². The number of anilines is 3. The SMILES string of the molecule is Oc1ccc2cnc(Nc3ccc(N4CCCNCC4)cc3)nc2c1C1CCCC1. The lowest BCUT2D eigenvalue weighted by atomic mass is 9.94. The lowest BCUT2D eigenvalue weighted by molar-refractivity contribution is 0.462. The molecule has 156 valence electrons. The molecule has 1 saturated carbocycles. The maximum absolute atomic E-state index is 10.5. The third kappa shape index (κ3) is 3.92. The Kier molecular flexibility index (Phi) is 5.41. The van der Waals surface area contributed by atoms with E-state index in [0.29, 0.717) is 17.6 Å². The van der Waals surface area contributed by atoms with Crippen molar-refractivity contribution in [3.63, 3.8) is 0 Å². The van der Waals surface area contributed by atoms with Crippen molar-refractivity contribution in [2.75, 3.05) is 36.4 Å². The molecule has 3 aromatic rings. The molecule has 6 nitrogen and oxygen atoms in total. The number of phenols is 1. The third-order valence-electron chi connectivity index (χ3n) is 6.36. The summed E-state index contributed by atoms with van der Waals surface area (Å²) in [5.74, 6) is 1.31. The first-order chi connectivity index (χ1) is 14.8. The van der Waals surface area contributed by atoms with Crippen LogP contribution >= 0.6 is 0 Å². The summed E-state index contributed by atoms with van der Waals surface area (Å²) in [5.41, 5.74) is 4.07. The first-order valence-electron chi connectivity index (χ1n) is 11.1. The Hall–Kier alpha value is -2.86. The highest BCUT2D eigenvalue weighted by atomic mass is 16.3. The molecule has 0 amide bonds. The van der Waals surface area contributed by atoms with Gasteiger partial charge in [0, 0.05) is 48.2 Å². The molecule has 0 bridgehead atoms. The van der Waals surface area contributed by atoms with Gasteiger partial charge in [0.15, 0.2) is 0 Å². The summed E-state index contributed by atoms with van der Waals surface area (Å²) >= 11 is 0. The van der Waals surface area contributed by atoms with Gasteiger partial charge in [-0.3, -0.25) is 0 Å². The molecule has 0 spiro atoms. The highest BCUT2D eigenvalue weighted by Gasteiger charge is 2.23. The minimum atomic E-state index is 0.357. The number of rotatable bonds is 4. The zero-order chi connectivity index (χ0) is 20.3. The topological polar surface area (TPSA) is 73.3 Å². The van der Waals surface area contributed by atoms with E-state index < -0.39 is 0 Å². The molecule has 2 heterocycles. The minimum Gasteiger partial charge on any atom is -0.508 e. The van der Waals surface area contributed by atoms with Crippen molar-refractivity contribution in [3.8, 4) is 5.75 Å². The van der Waals surface area contributed by atoms with E-state index in [1.54, 1.807) is 6.07 Å². The van der Waals surface area contributed by atoms with Crippen LogP contribution in [0.3, 0.4) is 0 Å². The number of fused-ring (bicyclic) bond motifs is 1. The van der Waals surface area contributed by atoms with Crippen LogP contribution in [0.25, 0.3) is 10.9 Å². The van der Waals surface area contributed by atoms with E-state index in [-0.39, 0.29) is 0 Å². The van der Waals surface area contributed by atoms with Gasteiger partial charge in [0.05, 0.1) is 5.52 Å². The molecule has 1 aliphatic carbocycles. The fraction of sp³-hybridized carbons (Fsp3) is 0.417. The zero-order valence-corrected chi connectivity index (χ0v) is 17.3. The van der Waals surface area contributed by atoms with Gasteiger partial charge < -0.3 is 20.6 Å². The van der Waals surface area contributed by atoms with Crippen molar-refractivity contribution in [2.45, 2.75) is 38.0 Å². The van der Waals surface area contributed by atoms with E-state index in [4.69, 9.17) is 4.98 Å². The maximum atomic E-state index is 10.5. The number of aromatic hydroxyl groups is 1. The molecule has 6 heteroatoms. The van der Waals surface area contributed by atoms with Crippen LogP contribution in [0.4, 0.5) is 17.3 Å². The lowest BCUT2D eigenvalue weighted by Gasteiger charge is -2.22. The van der Waals surface area contributed by atoms with E-state index in [9.17, 15) is 5.11 Å². The highest BCUT2D eigenvalue weighted by molar-refractivity contribution is 5.85. The highest BCUT2D eigenvalue weighted by Crippen LogP contribution is 2.41. The van der Waals surface area contributed by atoms with Crippen LogP contribution in [-0.2, 0) is 0 Å². The van der Waals surface area contributed by atoms with Crippen molar-refractivity contribution < 1.29 is 5.11 Å². The standard InChI is InChI=1S/C24H29N5O/c30-21-11-6-18-16-26-24(28-23(18)22(21)17-4-1-2-5-17)27-19-7-9-20(10-8-19)29-14-3-12-25-13-15-29/h6-11,16-17,25,30H,1-5,12-15H2,(H,26,27,28). The Morgan fingerprint density at radius 1 is 0.967 bits per heavy atom. The second-order valence-electron chi connectivity index (χ2n) is 8.37. The summed E-state index contributed by atoms with van der Waals surface area (Å²) in [6.07, 6.45) is 7.69. The van der Waals surface area contributed by atoms with Crippen molar-refractivity contribution >= 4 is 28.2 Å². The quantitative estimate of drug-likeness (QED) is 0.594. The molecule has 2 aromatic carbocycles. The largest absolute Gasteiger partial charge is 0.508 e. The van der Waals surface area contributed by atoms with Gasteiger partial charge in [-0.25, -0.2) is 9.97 Å². The second-order valence-corrected chi connectivity index (χ2v) is 8.37.